The molecule has 3 heteroatoms. The summed E-state index contributed by atoms with van der Waals surface area (Å²) in [6.07, 6.45) is 2.68. The number of benzene rings is 1. The minimum absolute atomic E-state index is 0.256. The molecule has 1 aromatic carbocycles. The Hall–Kier alpha value is -1.22. The van der Waals surface area contributed by atoms with Crippen molar-refractivity contribution in [3.05, 3.63) is 23.8 Å². The molecule has 3 rings (SSSR count). The maximum atomic E-state index is 5.83. The highest BCUT2D eigenvalue weighted by Crippen LogP contribution is 2.33. The van der Waals surface area contributed by atoms with Crippen LogP contribution in [0, 0.1) is 0 Å². The molecule has 2 heterocycles. The SMILES string of the molecule is Nc1ccc2c(c1)CC[C@@H]([C@H]1CO1)O2. The van der Waals surface area contributed by atoms with E-state index in [0.29, 0.717) is 6.10 Å². The van der Waals surface area contributed by atoms with Gasteiger partial charge in [-0.05, 0) is 36.6 Å². The Morgan fingerprint density at radius 3 is 2.93 bits per heavy atom. The molecule has 2 atom stereocenters. The van der Waals surface area contributed by atoms with Crippen molar-refractivity contribution in [1.82, 2.24) is 0 Å². The monoisotopic (exact) mass is 191 g/mol. The fourth-order valence-corrected chi connectivity index (χ4v) is 1.96. The molecule has 0 saturated carbocycles. The van der Waals surface area contributed by atoms with E-state index in [0.717, 1.165) is 30.9 Å². The Morgan fingerprint density at radius 2 is 2.14 bits per heavy atom. The number of fused-ring (bicyclic) bond motifs is 1. The maximum Gasteiger partial charge on any atom is 0.127 e. The van der Waals surface area contributed by atoms with Gasteiger partial charge >= 0.3 is 0 Å². The fraction of sp³-hybridized carbons (Fsp3) is 0.455. The van der Waals surface area contributed by atoms with E-state index in [9.17, 15) is 0 Å². The summed E-state index contributed by atoms with van der Waals surface area (Å²) in [5.74, 6) is 0.978. The van der Waals surface area contributed by atoms with E-state index in [-0.39, 0.29) is 6.10 Å². The Balaban J connectivity index is 1.86. The zero-order chi connectivity index (χ0) is 9.54. The molecular formula is C11H13NO2. The number of aryl methyl sites for hydroxylation is 1. The van der Waals surface area contributed by atoms with E-state index in [2.05, 4.69) is 0 Å². The standard InChI is InChI=1S/C11H13NO2/c12-8-2-4-9-7(5-8)1-3-10(14-9)11-6-13-11/h2,4-5,10-11H,1,3,6,12H2/t10-,11+/m0/s1. The van der Waals surface area contributed by atoms with Gasteiger partial charge in [0.05, 0.1) is 6.61 Å². The third-order valence-electron chi connectivity index (χ3n) is 2.83. The summed E-state index contributed by atoms with van der Waals surface area (Å²) in [5, 5.41) is 0. The van der Waals surface area contributed by atoms with Crippen LogP contribution in [-0.4, -0.2) is 18.8 Å². The number of nitrogens with two attached hydrogens (primary N) is 1. The number of epoxide rings is 1. The lowest BCUT2D eigenvalue weighted by Crippen LogP contribution is -2.27. The molecular weight excluding hydrogens is 178 g/mol. The smallest absolute Gasteiger partial charge is 0.127 e. The van der Waals surface area contributed by atoms with Crippen LogP contribution in [-0.2, 0) is 11.2 Å². The van der Waals surface area contributed by atoms with Crippen LogP contribution in [0.4, 0.5) is 5.69 Å². The first kappa shape index (κ1) is 8.12. The van der Waals surface area contributed by atoms with Crippen molar-refractivity contribution in [3.8, 4) is 5.75 Å². The highest BCUT2D eigenvalue weighted by Gasteiger charge is 2.36. The van der Waals surface area contributed by atoms with Gasteiger partial charge in [0.25, 0.3) is 0 Å². The lowest BCUT2D eigenvalue weighted by molar-refractivity contribution is 0.136. The van der Waals surface area contributed by atoms with E-state index in [4.69, 9.17) is 15.2 Å². The van der Waals surface area contributed by atoms with Gasteiger partial charge in [0, 0.05) is 5.69 Å². The van der Waals surface area contributed by atoms with E-state index in [1.54, 1.807) is 0 Å². The van der Waals surface area contributed by atoms with Crippen LogP contribution < -0.4 is 10.5 Å². The molecule has 0 spiro atoms. The van der Waals surface area contributed by atoms with E-state index in [1.165, 1.54) is 5.56 Å². The van der Waals surface area contributed by atoms with Gasteiger partial charge in [-0.15, -0.1) is 0 Å². The number of ether oxygens (including phenoxy) is 2. The normalized spacial score (nSPS) is 29.1. The van der Waals surface area contributed by atoms with Gasteiger partial charge in [0.1, 0.15) is 18.0 Å². The Kier molecular flexibility index (Phi) is 1.67. The average Bonchev–Trinajstić information content (AvgIpc) is 3.00. The molecule has 1 fully saturated rings. The third-order valence-corrected chi connectivity index (χ3v) is 2.83. The zero-order valence-electron chi connectivity index (χ0n) is 7.90. The van der Waals surface area contributed by atoms with Gasteiger partial charge in [0.2, 0.25) is 0 Å². The maximum absolute atomic E-state index is 5.83. The van der Waals surface area contributed by atoms with Crippen LogP contribution in [0.5, 0.6) is 5.75 Å². The number of hydrogen-bond acceptors (Lipinski definition) is 3. The van der Waals surface area contributed by atoms with Crippen molar-refractivity contribution in [2.24, 2.45) is 0 Å². The number of rotatable bonds is 1. The largest absolute Gasteiger partial charge is 0.487 e. The summed E-state index contributed by atoms with van der Waals surface area (Å²) in [6.45, 7) is 0.856. The molecule has 0 aromatic heterocycles. The summed E-state index contributed by atoms with van der Waals surface area (Å²) in [5.41, 5.74) is 7.75. The molecule has 0 radical (unpaired) electrons. The summed E-state index contributed by atoms with van der Waals surface area (Å²) in [7, 11) is 0. The van der Waals surface area contributed by atoms with Gasteiger partial charge in [-0.1, -0.05) is 0 Å². The molecule has 0 amide bonds. The summed E-state index contributed by atoms with van der Waals surface area (Å²) < 4.78 is 11.1. The minimum Gasteiger partial charge on any atom is -0.487 e. The molecule has 14 heavy (non-hydrogen) atoms. The minimum atomic E-state index is 0.256. The molecule has 2 N–H and O–H groups in total. The fourth-order valence-electron chi connectivity index (χ4n) is 1.96. The van der Waals surface area contributed by atoms with Gasteiger partial charge in [-0.3, -0.25) is 0 Å². The molecule has 2 aliphatic heterocycles. The first-order chi connectivity index (χ1) is 6.83. The first-order valence-corrected chi connectivity index (χ1v) is 4.99. The van der Waals surface area contributed by atoms with Crippen molar-refractivity contribution < 1.29 is 9.47 Å². The van der Waals surface area contributed by atoms with Gasteiger partial charge in [-0.25, -0.2) is 0 Å². The van der Waals surface area contributed by atoms with E-state index >= 15 is 0 Å². The highest BCUT2D eigenvalue weighted by atomic mass is 16.6. The van der Waals surface area contributed by atoms with Crippen molar-refractivity contribution >= 4 is 5.69 Å². The Labute approximate surface area is 82.8 Å². The molecule has 74 valence electrons. The lowest BCUT2D eigenvalue weighted by atomic mass is 10.0. The highest BCUT2D eigenvalue weighted by molar-refractivity contribution is 5.48. The van der Waals surface area contributed by atoms with Crippen LogP contribution in [0.3, 0.4) is 0 Å². The van der Waals surface area contributed by atoms with Crippen LogP contribution in [0.1, 0.15) is 12.0 Å². The number of nitrogen functional groups attached to an aromatic ring is 1. The Bertz CT molecular complexity index is 360. The van der Waals surface area contributed by atoms with Crippen molar-refractivity contribution in [2.45, 2.75) is 25.0 Å². The van der Waals surface area contributed by atoms with Crippen molar-refractivity contribution in [1.29, 1.82) is 0 Å². The molecule has 0 aliphatic carbocycles. The van der Waals surface area contributed by atoms with Crippen LogP contribution >= 0.6 is 0 Å². The summed E-state index contributed by atoms with van der Waals surface area (Å²) in [4.78, 5) is 0. The molecule has 1 aromatic rings. The predicted octanol–water partition coefficient (Wildman–Crippen LogP) is 1.36. The second-order valence-electron chi connectivity index (χ2n) is 3.93. The summed E-state index contributed by atoms with van der Waals surface area (Å²) in [6, 6.07) is 5.84. The third kappa shape index (κ3) is 1.34. The first-order valence-electron chi connectivity index (χ1n) is 4.99. The van der Waals surface area contributed by atoms with E-state index in [1.807, 2.05) is 18.2 Å². The van der Waals surface area contributed by atoms with Gasteiger partial charge < -0.3 is 15.2 Å². The summed E-state index contributed by atoms with van der Waals surface area (Å²) >= 11 is 0. The second-order valence-corrected chi connectivity index (χ2v) is 3.93. The average molecular weight is 191 g/mol. The molecule has 2 aliphatic rings. The van der Waals surface area contributed by atoms with Crippen molar-refractivity contribution in [2.75, 3.05) is 12.3 Å². The molecule has 3 nitrogen and oxygen atoms in total. The van der Waals surface area contributed by atoms with Gasteiger partial charge in [0.15, 0.2) is 0 Å². The lowest BCUT2D eigenvalue weighted by Gasteiger charge is -2.24. The van der Waals surface area contributed by atoms with Crippen molar-refractivity contribution in [3.63, 3.8) is 0 Å². The van der Waals surface area contributed by atoms with Gasteiger partial charge in [-0.2, -0.15) is 0 Å². The van der Waals surface area contributed by atoms with E-state index < -0.39 is 0 Å². The molecule has 1 saturated heterocycles. The van der Waals surface area contributed by atoms with Crippen LogP contribution in [0.15, 0.2) is 18.2 Å². The number of anilines is 1. The molecule has 0 unspecified atom stereocenters. The van der Waals surface area contributed by atoms with Crippen LogP contribution in [0.25, 0.3) is 0 Å². The number of hydrogen-bond donors (Lipinski definition) is 1. The van der Waals surface area contributed by atoms with Crippen LogP contribution in [0.2, 0.25) is 0 Å². The topological polar surface area (TPSA) is 47.8 Å². The quantitative estimate of drug-likeness (QED) is 0.538. The predicted molar refractivity (Wildman–Crippen MR) is 53.3 cm³/mol. The molecule has 0 bridgehead atoms. The Morgan fingerprint density at radius 1 is 1.29 bits per heavy atom. The zero-order valence-corrected chi connectivity index (χ0v) is 7.90. The second kappa shape index (κ2) is 2.89.